The normalized spacial score (nSPS) is 11.0. The lowest BCUT2D eigenvalue weighted by atomic mass is 10.1. The van der Waals surface area contributed by atoms with Gasteiger partial charge in [0.1, 0.15) is 18.1 Å². The summed E-state index contributed by atoms with van der Waals surface area (Å²) in [6.07, 6.45) is 0. The van der Waals surface area contributed by atoms with Gasteiger partial charge in [0.2, 0.25) is 0 Å². The van der Waals surface area contributed by atoms with Crippen molar-refractivity contribution in [1.29, 1.82) is 0 Å². The average molecular weight is 362 g/mol. The molecule has 2 aromatic carbocycles. The van der Waals surface area contributed by atoms with Gasteiger partial charge >= 0.3 is 12.3 Å². The molecular weight excluding hydrogens is 346 g/mol. The molecule has 0 aliphatic rings. The Hall–Kier alpha value is -3.23. The molecule has 9 heteroatoms. The van der Waals surface area contributed by atoms with Crippen molar-refractivity contribution in [2.45, 2.75) is 20.1 Å². The fraction of sp³-hybridized carbons (Fsp3) is 0.235. The molecule has 0 unspecified atom stereocenters. The maximum absolute atomic E-state index is 12.8. The van der Waals surface area contributed by atoms with Gasteiger partial charge in [0.15, 0.2) is 0 Å². The molecule has 0 saturated heterocycles. The summed E-state index contributed by atoms with van der Waals surface area (Å²) >= 11 is 0. The Morgan fingerprint density at radius 3 is 2.46 bits per heavy atom. The van der Waals surface area contributed by atoms with Crippen LogP contribution >= 0.6 is 0 Å². The zero-order chi connectivity index (χ0) is 18.7. The van der Waals surface area contributed by atoms with Gasteiger partial charge in [-0.15, -0.1) is 0 Å². The number of nitrogens with zero attached hydrogens (tertiary/aromatic N) is 4. The molecule has 0 amide bonds. The number of tetrazole rings is 1. The molecule has 7 nitrogen and oxygen atoms in total. The molecule has 0 bridgehead atoms. The molecule has 0 fully saturated rings. The van der Waals surface area contributed by atoms with Gasteiger partial charge in [-0.1, -0.05) is 24.3 Å². The van der Waals surface area contributed by atoms with Crippen LogP contribution in [0.25, 0.3) is 5.69 Å². The van der Waals surface area contributed by atoms with Crippen LogP contribution in [0.3, 0.4) is 0 Å². The van der Waals surface area contributed by atoms with Crippen LogP contribution in [0.2, 0.25) is 0 Å². The molecule has 3 rings (SSSR count). The van der Waals surface area contributed by atoms with Gasteiger partial charge in [-0.05, 0) is 41.1 Å². The Labute approximate surface area is 147 Å². The van der Waals surface area contributed by atoms with Crippen LogP contribution in [0.1, 0.15) is 11.1 Å². The molecule has 0 N–H and O–H groups in total. The molecule has 0 radical (unpaired) electrons. The molecule has 0 saturated carbocycles. The van der Waals surface area contributed by atoms with E-state index in [1.807, 2.05) is 19.1 Å². The van der Waals surface area contributed by atoms with Crippen molar-refractivity contribution >= 4 is 0 Å². The number of halogens is 2. The van der Waals surface area contributed by atoms with Gasteiger partial charge in [0.05, 0.1) is 11.3 Å². The predicted molar refractivity (Wildman–Crippen MR) is 88.7 cm³/mol. The lowest BCUT2D eigenvalue weighted by Gasteiger charge is -2.16. The summed E-state index contributed by atoms with van der Waals surface area (Å²) in [6.45, 7) is -1.24. The molecule has 0 spiro atoms. The van der Waals surface area contributed by atoms with E-state index in [-0.39, 0.29) is 23.6 Å². The predicted octanol–water partition coefficient (Wildman–Crippen LogP) is 2.45. The van der Waals surface area contributed by atoms with Gasteiger partial charge in [-0.25, -0.2) is 4.79 Å². The molecule has 1 heterocycles. The highest BCUT2D eigenvalue weighted by Gasteiger charge is 2.18. The van der Waals surface area contributed by atoms with E-state index in [2.05, 4.69) is 15.2 Å². The number of alkyl halides is 2. The molecular formula is C17H16F2N4O3. The van der Waals surface area contributed by atoms with Crippen molar-refractivity contribution in [3.8, 4) is 17.2 Å². The Bertz CT molecular complexity index is 969. The lowest BCUT2D eigenvalue weighted by molar-refractivity contribution is -0.0508. The highest BCUT2D eigenvalue weighted by molar-refractivity contribution is 5.49. The number of aryl methyl sites for hydroxylation is 2. The van der Waals surface area contributed by atoms with Crippen molar-refractivity contribution in [2.24, 2.45) is 7.05 Å². The summed E-state index contributed by atoms with van der Waals surface area (Å²) in [4.78, 5) is 12.2. The highest BCUT2D eigenvalue weighted by atomic mass is 19.3. The third kappa shape index (κ3) is 3.56. The van der Waals surface area contributed by atoms with Crippen LogP contribution in [0.5, 0.6) is 11.5 Å². The number of hydrogen-bond donors (Lipinski definition) is 0. The second-order valence-corrected chi connectivity index (χ2v) is 5.48. The fourth-order valence-electron chi connectivity index (χ4n) is 2.44. The Morgan fingerprint density at radius 1 is 1.08 bits per heavy atom. The highest BCUT2D eigenvalue weighted by Crippen LogP contribution is 2.28. The topological polar surface area (TPSA) is 71.2 Å². The molecule has 26 heavy (non-hydrogen) atoms. The van der Waals surface area contributed by atoms with E-state index >= 15 is 0 Å². The van der Waals surface area contributed by atoms with Gasteiger partial charge in [-0.2, -0.15) is 18.1 Å². The minimum Gasteiger partial charge on any atom is -0.488 e. The summed E-state index contributed by atoms with van der Waals surface area (Å²) in [7, 11) is 1.44. The maximum Gasteiger partial charge on any atom is 0.387 e. The fourth-order valence-corrected chi connectivity index (χ4v) is 2.44. The standard InChI is InChI=1S/C17H16F2N4O3/c1-11-6-3-4-8-14(11)25-10-12-13(23-17(24)22(2)20-21-23)7-5-9-15(12)26-16(18)19/h3-9,16H,10H2,1-2H3. The van der Waals surface area contributed by atoms with Crippen LogP contribution in [-0.2, 0) is 13.7 Å². The van der Waals surface area contributed by atoms with Gasteiger partial charge in [0.25, 0.3) is 0 Å². The first-order valence-corrected chi connectivity index (χ1v) is 7.72. The first-order chi connectivity index (χ1) is 12.5. The molecule has 0 aliphatic carbocycles. The van der Waals surface area contributed by atoms with E-state index in [0.717, 1.165) is 14.9 Å². The van der Waals surface area contributed by atoms with Gasteiger partial charge in [-0.3, -0.25) is 0 Å². The first kappa shape index (κ1) is 17.6. The minimum absolute atomic E-state index is 0.0912. The van der Waals surface area contributed by atoms with Gasteiger partial charge in [0, 0.05) is 7.05 Å². The minimum atomic E-state index is -3.01. The van der Waals surface area contributed by atoms with E-state index < -0.39 is 12.3 Å². The number of benzene rings is 2. The number of para-hydroxylation sites is 1. The second kappa shape index (κ2) is 7.34. The number of rotatable bonds is 6. The van der Waals surface area contributed by atoms with E-state index in [9.17, 15) is 13.6 Å². The van der Waals surface area contributed by atoms with Crippen molar-refractivity contribution in [3.63, 3.8) is 0 Å². The summed E-state index contributed by atoms with van der Waals surface area (Å²) < 4.78 is 38.0. The first-order valence-electron chi connectivity index (χ1n) is 7.72. The van der Waals surface area contributed by atoms with E-state index in [0.29, 0.717) is 5.75 Å². The van der Waals surface area contributed by atoms with Gasteiger partial charge < -0.3 is 9.47 Å². The third-order valence-electron chi connectivity index (χ3n) is 3.74. The Balaban J connectivity index is 2.03. The van der Waals surface area contributed by atoms with Crippen LogP contribution in [-0.4, -0.2) is 26.4 Å². The number of ether oxygens (including phenoxy) is 2. The quantitative estimate of drug-likeness (QED) is 0.674. The number of aromatic nitrogens is 4. The largest absolute Gasteiger partial charge is 0.488 e. The summed E-state index contributed by atoms with van der Waals surface area (Å²) in [5, 5.41) is 7.40. The lowest BCUT2D eigenvalue weighted by Crippen LogP contribution is -2.23. The van der Waals surface area contributed by atoms with Crippen molar-refractivity contribution in [2.75, 3.05) is 0 Å². The van der Waals surface area contributed by atoms with E-state index in [1.54, 1.807) is 18.2 Å². The van der Waals surface area contributed by atoms with Crippen LogP contribution in [0.4, 0.5) is 8.78 Å². The summed E-state index contributed by atoms with van der Waals surface area (Å²) in [6, 6.07) is 11.7. The maximum atomic E-state index is 12.8. The number of hydrogen-bond acceptors (Lipinski definition) is 5. The zero-order valence-electron chi connectivity index (χ0n) is 14.1. The van der Waals surface area contributed by atoms with E-state index in [4.69, 9.17) is 4.74 Å². The van der Waals surface area contributed by atoms with Crippen LogP contribution in [0, 0.1) is 6.92 Å². The zero-order valence-corrected chi connectivity index (χ0v) is 14.1. The van der Waals surface area contributed by atoms with Crippen molar-refractivity contribution in [3.05, 3.63) is 64.1 Å². The molecule has 0 atom stereocenters. The molecule has 1 aromatic heterocycles. The average Bonchev–Trinajstić information content (AvgIpc) is 2.93. The molecule has 0 aliphatic heterocycles. The Kier molecular flexibility index (Phi) is 4.97. The summed E-state index contributed by atoms with van der Waals surface area (Å²) in [5.41, 5.74) is 0.891. The SMILES string of the molecule is Cc1ccccc1OCc1c(OC(F)F)cccc1-n1nnn(C)c1=O. The van der Waals surface area contributed by atoms with Crippen molar-refractivity contribution in [1.82, 2.24) is 19.8 Å². The Morgan fingerprint density at radius 2 is 1.81 bits per heavy atom. The van der Waals surface area contributed by atoms with Crippen LogP contribution < -0.4 is 15.2 Å². The smallest absolute Gasteiger partial charge is 0.387 e. The van der Waals surface area contributed by atoms with E-state index in [1.165, 1.54) is 19.2 Å². The third-order valence-corrected chi connectivity index (χ3v) is 3.74. The van der Waals surface area contributed by atoms with Crippen LogP contribution in [0.15, 0.2) is 47.3 Å². The molecule has 3 aromatic rings. The second-order valence-electron chi connectivity index (χ2n) is 5.48. The monoisotopic (exact) mass is 362 g/mol. The molecule has 136 valence electrons. The summed E-state index contributed by atoms with van der Waals surface area (Å²) in [5.74, 6) is 0.500. The van der Waals surface area contributed by atoms with Crippen molar-refractivity contribution < 1.29 is 18.3 Å².